The van der Waals surface area contributed by atoms with Gasteiger partial charge >= 0.3 is 0 Å². The van der Waals surface area contributed by atoms with Crippen LogP contribution in [0.25, 0.3) is 0 Å². The van der Waals surface area contributed by atoms with Gasteiger partial charge in [-0.15, -0.1) is 0 Å². The summed E-state index contributed by atoms with van der Waals surface area (Å²) in [5, 5.41) is 3.34. The van der Waals surface area contributed by atoms with Crippen molar-refractivity contribution in [3.05, 3.63) is 28.5 Å². The van der Waals surface area contributed by atoms with Crippen molar-refractivity contribution in [2.75, 3.05) is 13.1 Å². The number of rotatable bonds is 8. The van der Waals surface area contributed by atoms with Gasteiger partial charge in [0.2, 0.25) is 0 Å². The van der Waals surface area contributed by atoms with Crippen LogP contribution >= 0.6 is 15.9 Å². The van der Waals surface area contributed by atoms with Gasteiger partial charge in [-0.2, -0.15) is 0 Å². The fourth-order valence-electron chi connectivity index (χ4n) is 1.75. The third kappa shape index (κ3) is 5.83. The summed E-state index contributed by atoms with van der Waals surface area (Å²) in [4.78, 5) is 0. The number of benzene rings is 1. The maximum Gasteiger partial charge on any atom is 0.128 e. The minimum absolute atomic E-state index is 0.0928. The fourth-order valence-corrected chi connectivity index (χ4v) is 2.20. The van der Waals surface area contributed by atoms with E-state index < -0.39 is 0 Å². The van der Waals surface area contributed by atoms with Crippen molar-refractivity contribution >= 4 is 15.9 Å². The molecule has 2 nitrogen and oxygen atoms in total. The first kappa shape index (κ1) is 15.4. The van der Waals surface area contributed by atoms with Crippen molar-refractivity contribution in [1.29, 1.82) is 0 Å². The zero-order chi connectivity index (χ0) is 13.4. The molecule has 0 saturated heterocycles. The Labute approximate surface area is 117 Å². The predicted octanol–water partition coefficient (Wildman–Crippen LogP) is 4.14. The predicted molar refractivity (Wildman–Crippen MR) is 76.6 cm³/mol. The van der Waals surface area contributed by atoms with E-state index in [1.165, 1.54) is 12.1 Å². The maximum atomic E-state index is 13.2. The van der Waals surface area contributed by atoms with Gasteiger partial charge in [-0.05, 0) is 31.5 Å². The molecular weight excluding hydrogens is 297 g/mol. The van der Waals surface area contributed by atoms with Crippen LogP contribution in [0.5, 0.6) is 5.75 Å². The third-order valence-corrected chi connectivity index (χ3v) is 3.01. The highest BCUT2D eigenvalue weighted by Gasteiger charge is 2.10. The number of hydrogen-bond donors (Lipinski definition) is 1. The van der Waals surface area contributed by atoms with Gasteiger partial charge in [0.25, 0.3) is 0 Å². The van der Waals surface area contributed by atoms with E-state index in [9.17, 15) is 4.39 Å². The van der Waals surface area contributed by atoms with Crippen LogP contribution < -0.4 is 10.1 Å². The molecular formula is C14H21BrFNO. The molecule has 1 N–H and O–H groups in total. The van der Waals surface area contributed by atoms with E-state index in [4.69, 9.17) is 4.74 Å². The number of halogens is 2. The molecule has 0 radical (unpaired) electrons. The second kappa shape index (κ2) is 8.48. The Morgan fingerprint density at radius 1 is 1.28 bits per heavy atom. The zero-order valence-corrected chi connectivity index (χ0v) is 12.6. The Hall–Kier alpha value is -0.610. The van der Waals surface area contributed by atoms with Crippen molar-refractivity contribution in [2.45, 2.75) is 39.2 Å². The molecule has 0 aliphatic heterocycles. The molecule has 1 aromatic rings. The summed E-state index contributed by atoms with van der Waals surface area (Å²) in [5.41, 5.74) is 0. The van der Waals surface area contributed by atoms with Gasteiger partial charge in [-0.25, -0.2) is 4.39 Å². The molecule has 0 fully saturated rings. The number of nitrogens with one attached hydrogen (secondary N) is 1. The van der Waals surface area contributed by atoms with Crippen LogP contribution in [-0.2, 0) is 0 Å². The highest BCUT2D eigenvalue weighted by atomic mass is 79.9. The summed E-state index contributed by atoms with van der Waals surface area (Å²) < 4.78 is 19.8. The van der Waals surface area contributed by atoms with E-state index in [-0.39, 0.29) is 11.9 Å². The Balaban J connectivity index is 2.58. The first-order valence-corrected chi connectivity index (χ1v) is 7.28. The largest absolute Gasteiger partial charge is 0.489 e. The number of hydrogen-bond acceptors (Lipinski definition) is 2. The molecule has 4 heteroatoms. The second-order valence-electron chi connectivity index (χ2n) is 4.34. The molecule has 1 rings (SSSR count). The molecule has 1 atom stereocenters. The molecule has 0 aliphatic rings. The summed E-state index contributed by atoms with van der Waals surface area (Å²) in [6.45, 7) is 6.04. The molecule has 0 saturated carbocycles. The van der Waals surface area contributed by atoms with Crippen molar-refractivity contribution in [3.63, 3.8) is 0 Å². The van der Waals surface area contributed by atoms with E-state index >= 15 is 0 Å². The average Bonchev–Trinajstić information content (AvgIpc) is 2.28. The monoisotopic (exact) mass is 317 g/mol. The lowest BCUT2D eigenvalue weighted by Gasteiger charge is -2.19. The lowest BCUT2D eigenvalue weighted by molar-refractivity contribution is 0.186. The first-order valence-electron chi connectivity index (χ1n) is 6.49. The van der Waals surface area contributed by atoms with E-state index in [2.05, 4.69) is 35.1 Å². The third-order valence-electron chi connectivity index (χ3n) is 2.55. The number of ether oxygens (including phenoxy) is 1. The standard InChI is InChI=1S/C14H21BrFNO/c1-3-5-13(10-17-6-4-2)18-14-8-11(15)7-12(16)9-14/h7-9,13,17H,3-6,10H2,1-2H3. The lowest BCUT2D eigenvalue weighted by atomic mass is 10.2. The Morgan fingerprint density at radius 3 is 2.67 bits per heavy atom. The van der Waals surface area contributed by atoms with Crippen LogP contribution in [0.2, 0.25) is 0 Å². The van der Waals surface area contributed by atoms with Gasteiger partial charge in [0, 0.05) is 17.1 Å². The highest BCUT2D eigenvalue weighted by Crippen LogP contribution is 2.22. The average molecular weight is 318 g/mol. The fraction of sp³-hybridized carbons (Fsp3) is 0.571. The molecule has 0 aliphatic carbocycles. The Bertz CT molecular complexity index is 339. The van der Waals surface area contributed by atoms with E-state index in [0.717, 1.165) is 32.4 Å². The highest BCUT2D eigenvalue weighted by molar-refractivity contribution is 9.10. The van der Waals surface area contributed by atoms with E-state index in [0.29, 0.717) is 10.2 Å². The molecule has 102 valence electrons. The minimum Gasteiger partial charge on any atom is -0.489 e. The Kier molecular flexibility index (Phi) is 7.28. The SMILES string of the molecule is CCCNCC(CCC)Oc1cc(F)cc(Br)c1. The second-order valence-corrected chi connectivity index (χ2v) is 5.25. The van der Waals surface area contributed by atoms with E-state index in [1.807, 2.05) is 0 Å². The first-order chi connectivity index (χ1) is 8.65. The van der Waals surface area contributed by atoms with Crippen LogP contribution in [0.4, 0.5) is 4.39 Å². The van der Waals surface area contributed by atoms with Gasteiger partial charge in [-0.3, -0.25) is 0 Å². The maximum absolute atomic E-state index is 13.2. The topological polar surface area (TPSA) is 21.3 Å². The van der Waals surface area contributed by atoms with Crippen LogP contribution in [0.3, 0.4) is 0 Å². The summed E-state index contributed by atoms with van der Waals surface area (Å²) in [7, 11) is 0. The lowest BCUT2D eigenvalue weighted by Crippen LogP contribution is -2.31. The molecule has 0 spiro atoms. The normalized spacial score (nSPS) is 12.4. The molecule has 0 bridgehead atoms. The summed E-state index contributed by atoms with van der Waals surface area (Å²) in [6, 6.07) is 4.65. The molecule has 1 unspecified atom stereocenters. The van der Waals surface area contributed by atoms with Crippen LogP contribution in [-0.4, -0.2) is 19.2 Å². The van der Waals surface area contributed by atoms with Crippen LogP contribution in [0.1, 0.15) is 33.1 Å². The quantitative estimate of drug-likeness (QED) is 0.728. The summed E-state index contributed by atoms with van der Waals surface area (Å²) in [6.07, 6.45) is 3.21. The summed E-state index contributed by atoms with van der Waals surface area (Å²) >= 11 is 3.27. The summed E-state index contributed by atoms with van der Waals surface area (Å²) in [5.74, 6) is 0.301. The van der Waals surface area contributed by atoms with Gasteiger partial charge < -0.3 is 10.1 Å². The molecule has 0 amide bonds. The van der Waals surface area contributed by atoms with Gasteiger partial charge in [-0.1, -0.05) is 36.2 Å². The van der Waals surface area contributed by atoms with Crippen molar-refractivity contribution < 1.29 is 9.13 Å². The smallest absolute Gasteiger partial charge is 0.128 e. The Morgan fingerprint density at radius 2 is 2.06 bits per heavy atom. The van der Waals surface area contributed by atoms with E-state index in [1.54, 1.807) is 6.07 Å². The van der Waals surface area contributed by atoms with Gasteiger partial charge in [0.15, 0.2) is 0 Å². The van der Waals surface area contributed by atoms with Crippen LogP contribution in [0, 0.1) is 5.82 Å². The zero-order valence-electron chi connectivity index (χ0n) is 11.0. The molecule has 18 heavy (non-hydrogen) atoms. The van der Waals surface area contributed by atoms with Gasteiger partial charge in [0.05, 0.1) is 0 Å². The molecule has 0 aromatic heterocycles. The van der Waals surface area contributed by atoms with Crippen molar-refractivity contribution in [2.24, 2.45) is 0 Å². The van der Waals surface area contributed by atoms with Crippen molar-refractivity contribution in [1.82, 2.24) is 5.32 Å². The van der Waals surface area contributed by atoms with Gasteiger partial charge in [0.1, 0.15) is 17.7 Å². The van der Waals surface area contributed by atoms with Crippen molar-refractivity contribution in [3.8, 4) is 5.75 Å². The minimum atomic E-state index is -0.281. The molecule has 0 heterocycles. The molecule has 1 aromatic carbocycles. The van der Waals surface area contributed by atoms with Crippen LogP contribution in [0.15, 0.2) is 22.7 Å².